The first kappa shape index (κ1) is 13.6. The Morgan fingerprint density at radius 2 is 2.22 bits per heavy atom. The number of nitrogens with one attached hydrogen (secondary N) is 1. The molecule has 0 spiro atoms. The van der Waals surface area contributed by atoms with E-state index in [2.05, 4.69) is 36.2 Å². The predicted molar refractivity (Wildman–Crippen MR) is 74.7 cm³/mol. The van der Waals surface area contributed by atoms with Gasteiger partial charge in [0, 0.05) is 37.4 Å². The lowest BCUT2D eigenvalue weighted by molar-refractivity contribution is 0.293. The molecule has 0 aliphatic heterocycles. The minimum Gasteiger partial charge on any atom is -0.309 e. The first-order valence-corrected chi connectivity index (χ1v) is 7.22. The van der Waals surface area contributed by atoms with Gasteiger partial charge in [-0.05, 0) is 32.4 Å². The summed E-state index contributed by atoms with van der Waals surface area (Å²) in [5.74, 6) is 0. The molecule has 0 aromatic carbocycles. The number of aryl methyl sites for hydroxylation is 1. The van der Waals surface area contributed by atoms with Crippen LogP contribution in [-0.2, 0) is 13.5 Å². The van der Waals surface area contributed by atoms with Gasteiger partial charge in [0.25, 0.3) is 0 Å². The van der Waals surface area contributed by atoms with Gasteiger partial charge >= 0.3 is 0 Å². The molecule has 4 nitrogen and oxygen atoms in total. The topological polar surface area (TPSA) is 33.1 Å². The molecule has 0 saturated carbocycles. The quantitative estimate of drug-likeness (QED) is 0.834. The molecular formula is C14H26N4. The fourth-order valence-electron chi connectivity index (χ4n) is 2.85. The zero-order valence-corrected chi connectivity index (χ0v) is 11.9. The third-order valence-electron chi connectivity index (χ3n) is 4.09. The average molecular weight is 250 g/mol. The van der Waals surface area contributed by atoms with Crippen molar-refractivity contribution in [2.24, 2.45) is 7.05 Å². The van der Waals surface area contributed by atoms with Crippen molar-refractivity contribution in [3.8, 4) is 0 Å². The van der Waals surface area contributed by atoms with Crippen molar-refractivity contribution in [3.63, 3.8) is 0 Å². The standard InChI is InChI=1S/C14H26N4/c1-4-18(5-2)10-9-15-13-7-6-8-14-12(13)11-16-17(14)3/h11,13,15H,4-10H2,1-3H3. The van der Waals surface area contributed by atoms with E-state index in [9.17, 15) is 0 Å². The fraction of sp³-hybridized carbons (Fsp3) is 0.786. The van der Waals surface area contributed by atoms with Crippen LogP contribution >= 0.6 is 0 Å². The van der Waals surface area contributed by atoms with E-state index in [4.69, 9.17) is 0 Å². The van der Waals surface area contributed by atoms with Crippen LogP contribution in [0.1, 0.15) is 44.0 Å². The highest BCUT2D eigenvalue weighted by atomic mass is 15.3. The van der Waals surface area contributed by atoms with Crippen molar-refractivity contribution < 1.29 is 0 Å². The van der Waals surface area contributed by atoms with Crippen LogP contribution in [0.4, 0.5) is 0 Å². The summed E-state index contributed by atoms with van der Waals surface area (Å²) in [6, 6.07) is 0.512. The number of likely N-dealkylation sites (N-methyl/N-ethyl adjacent to an activating group) is 1. The van der Waals surface area contributed by atoms with Gasteiger partial charge in [-0.3, -0.25) is 4.68 Å². The van der Waals surface area contributed by atoms with E-state index >= 15 is 0 Å². The van der Waals surface area contributed by atoms with Crippen LogP contribution in [0.15, 0.2) is 6.20 Å². The molecule has 0 fully saturated rings. The third kappa shape index (κ3) is 2.93. The Morgan fingerprint density at radius 3 is 2.94 bits per heavy atom. The summed E-state index contributed by atoms with van der Waals surface area (Å²) in [5, 5.41) is 8.09. The second-order valence-electron chi connectivity index (χ2n) is 5.10. The summed E-state index contributed by atoms with van der Waals surface area (Å²) in [5.41, 5.74) is 2.84. The summed E-state index contributed by atoms with van der Waals surface area (Å²) in [7, 11) is 2.05. The summed E-state index contributed by atoms with van der Waals surface area (Å²) in [4.78, 5) is 2.46. The van der Waals surface area contributed by atoms with Gasteiger partial charge in [0.15, 0.2) is 0 Å². The van der Waals surface area contributed by atoms with Crippen molar-refractivity contribution in [2.45, 2.75) is 39.2 Å². The van der Waals surface area contributed by atoms with Crippen LogP contribution < -0.4 is 5.32 Å². The lowest BCUT2D eigenvalue weighted by Crippen LogP contribution is -2.34. The van der Waals surface area contributed by atoms with Gasteiger partial charge in [-0.2, -0.15) is 5.10 Å². The maximum absolute atomic E-state index is 4.39. The van der Waals surface area contributed by atoms with E-state index in [-0.39, 0.29) is 0 Å². The highest BCUT2D eigenvalue weighted by Crippen LogP contribution is 2.28. The molecule has 1 unspecified atom stereocenters. The number of hydrogen-bond donors (Lipinski definition) is 1. The second-order valence-corrected chi connectivity index (χ2v) is 5.10. The molecular weight excluding hydrogens is 224 g/mol. The van der Waals surface area contributed by atoms with Crippen LogP contribution in [0.5, 0.6) is 0 Å². The molecule has 1 heterocycles. The van der Waals surface area contributed by atoms with Gasteiger partial charge in [-0.25, -0.2) is 0 Å². The summed E-state index contributed by atoms with van der Waals surface area (Å²) >= 11 is 0. The number of rotatable bonds is 6. The van der Waals surface area contributed by atoms with E-state index in [1.165, 1.54) is 30.5 Å². The van der Waals surface area contributed by atoms with E-state index < -0.39 is 0 Å². The van der Waals surface area contributed by atoms with Crippen LogP contribution in [-0.4, -0.2) is 40.9 Å². The molecule has 2 rings (SSSR count). The second kappa shape index (κ2) is 6.34. The maximum atomic E-state index is 4.39. The molecule has 1 aromatic heterocycles. The molecule has 0 bridgehead atoms. The van der Waals surface area contributed by atoms with Gasteiger partial charge in [-0.1, -0.05) is 13.8 Å². The summed E-state index contributed by atoms with van der Waals surface area (Å²) < 4.78 is 2.04. The maximum Gasteiger partial charge on any atom is 0.0540 e. The molecule has 18 heavy (non-hydrogen) atoms. The van der Waals surface area contributed by atoms with E-state index in [0.717, 1.165) is 26.2 Å². The van der Waals surface area contributed by atoms with Crippen LogP contribution in [0, 0.1) is 0 Å². The number of aromatic nitrogens is 2. The van der Waals surface area contributed by atoms with Crippen molar-refractivity contribution in [1.29, 1.82) is 0 Å². The van der Waals surface area contributed by atoms with Crippen molar-refractivity contribution in [1.82, 2.24) is 20.0 Å². The summed E-state index contributed by atoms with van der Waals surface area (Å²) in [6.45, 7) is 8.94. The largest absolute Gasteiger partial charge is 0.309 e. The summed E-state index contributed by atoms with van der Waals surface area (Å²) in [6.07, 6.45) is 5.75. The predicted octanol–water partition coefficient (Wildman–Crippen LogP) is 1.73. The lowest BCUT2D eigenvalue weighted by Gasteiger charge is -2.25. The van der Waals surface area contributed by atoms with E-state index in [0.29, 0.717) is 6.04 Å². The Labute approximate surface area is 110 Å². The molecule has 0 radical (unpaired) electrons. The van der Waals surface area contributed by atoms with Gasteiger partial charge in [0.2, 0.25) is 0 Å². The Kier molecular flexibility index (Phi) is 4.78. The first-order chi connectivity index (χ1) is 8.76. The minimum absolute atomic E-state index is 0.512. The molecule has 1 aromatic rings. The van der Waals surface area contributed by atoms with Gasteiger partial charge < -0.3 is 10.2 Å². The molecule has 1 aliphatic rings. The molecule has 1 aliphatic carbocycles. The molecule has 1 N–H and O–H groups in total. The minimum atomic E-state index is 0.512. The zero-order chi connectivity index (χ0) is 13.0. The first-order valence-electron chi connectivity index (χ1n) is 7.22. The van der Waals surface area contributed by atoms with Gasteiger partial charge in [0.1, 0.15) is 0 Å². The lowest BCUT2D eigenvalue weighted by atomic mass is 9.93. The van der Waals surface area contributed by atoms with Crippen LogP contribution in [0.3, 0.4) is 0 Å². The average Bonchev–Trinajstić information content (AvgIpc) is 2.78. The number of nitrogens with zero attached hydrogens (tertiary/aromatic N) is 3. The Hall–Kier alpha value is -0.870. The molecule has 0 saturated heterocycles. The van der Waals surface area contributed by atoms with E-state index in [1.807, 2.05) is 10.9 Å². The van der Waals surface area contributed by atoms with Crippen molar-refractivity contribution in [3.05, 3.63) is 17.5 Å². The Balaban J connectivity index is 1.87. The highest BCUT2D eigenvalue weighted by Gasteiger charge is 2.22. The van der Waals surface area contributed by atoms with Crippen LogP contribution in [0.25, 0.3) is 0 Å². The fourth-order valence-corrected chi connectivity index (χ4v) is 2.85. The third-order valence-corrected chi connectivity index (χ3v) is 4.09. The normalized spacial score (nSPS) is 19.2. The van der Waals surface area contributed by atoms with Gasteiger partial charge in [-0.15, -0.1) is 0 Å². The molecule has 4 heteroatoms. The zero-order valence-electron chi connectivity index (χ0n) is 11.9. The van der Waals surface area contributed by atoms with E-state index in [1.54, 1.807) is 0 Å². The van der Waals surface area contributed by atoms with Crippen molar-refractivity contribution >= 4 is 0 Å². The molecule has 102 valence electrons. The molecule has 1 atom stereocenters. The van der Waals surface area contributed by atoms with Crippen LogP contribution in [0.2, 0.25) is 0 Å². The highest BCUT2D eigenvalue weighted by molar-refractivity contribution is 5.24. The SMILES string of the molecule is CCN(CC)CCNC1CCCc2c1cnn2C. The number of hydrogen-bond acceptors (Lipinski definition) is 3. The molecule has 0 amide bonds. The Bertz CT molecular complexity index is 368. The monoisotopic (exact) mass is 250 g/mol. The number of fused-ring (bicyclic) bond motifs is 1. The van der Waals surface area contributed by atoms with Crippen molar-refractivity contribution in [2.75, 3.05) is 26.2 Å². The van der Waals surface area contributed by atoms with Gasteiger partial charge in [0.05, 0.1) is 6.20 Å². The Morgan fingerprint density at radius 1 is 1.44 bits per heavy atom. The smallest absolute Gasteiger partial charge is 0.0540 e.